The molecule has 0 bridgehead atoms. The number of nitrogens with one attached hydrogen (secondary N) is 2. The minimum absolute atomic E-state index is 0.0490. The first-order valence-corrected chi connectivity index (χ1v) is 11.0. The van der Waals surface area contributed by atoms with Crippen molar-refractivity contribution >= 4 is 17.3 Å². The third-order valence-corrected chi connectivity index (χ3v) is 5.87. The quantitative estimate of drug-likeness (QED) is 0.390. The van der Waals surface area contributed by atoms with Crippen LogP contribution in [0.1, 0.15) is 78.7 Å². The van der Waals surface area contributed by atoms with E-state index in [1.165, 1.54) is 0 Å². The summed E-state index contributed by atoms with van der Waals surface area (Å²) >= 11 is 0. The van der Waals surface area contributed by atoms with Gasteiger partial charge in [-0.1, -0.05) is 45.8 Å². The van der Waals surface area contributed by atoms with Crippen LogP contribution in [0.15, 0.2) is 45.3 Å². The molecule has 0 saturated carbocycles. The van der Waals surface area contributed by atoms with E-state index in [0.717, 1.165) is 48.9 Å². The lowest BCUT2D eigenvalue weighted by Gasteiger charge is -2.35. The smallest absolute Gasteiger partial charge is 0.261 e. The van der Waals surface area contributed by atoms with Crippen LogP contribution in [0.2, 0.25) is 0 Å². The standard InChI is InChI=1S/C24H36N4O2/c1-6-12-24(8-3,13-7-2)28-20-11-14-26-23(30)21(20)22(25)27-18-9-10-19(17(5)29)16(4)15-18/h10-11,14-15,18H,6-9,12-13H2,1-5H3,(H2,25,27)(H2,26,28,30). The highest BCUT2D eigenvalue weighted by Gasteiger charge is 2.28. The van der Waals surface area contributed by atoms with Gasteiger partial charge in [-0.25, -0.2) is 0 Å². The molecular weight excluding hydrogens is 376 g/mol. The van der Waals surface area contributed by atoms with E-state index in [0.29, 0.717) is 12.0 Å². The summed E-state index contributed by atoms with van der Waals surface area (Å²) in [6.45, 7) is 10.00. The number of aromatic nitrogens is 1. The van der Waals surface area contributed by atoms with Crippen LogP contribution in [0, 0.1) is 0 Å². The zero-order chi connectivity index (χ0) is 22.3. The molecule has 0 aromatic carbocycles. The third-order valence-electron chi connectivity index (χ3n) is 5.87. The second-order valence-corrected chi connectivity index (χ2v) is 8.20. The molecule has 1 aliphatic carbocycles. The molecule has 1 aromatic heterocycles. The van der Waals surface area contributed by atoms with E-state index in [9.17, 15) is 9.59 Å². The third kappa shape index (κ3) is 5.49. The van der Waals surface area contributed by atoms with Crippen molar-refractivity contribution < 1.29 is 4.79 Å². The number of anilines is 1. The summed E-state index contributed by atoms with van der Waals surface area (Å²) in [6, 6.07) is 1.67. The molecule has 1 aromatic rings. The van der Waals surface area contributed by atoms with Crippen molar-refractivity contribution in [1.82, 2.24) is 4.98 Å². The molecule has 164 valence electrons. The zero-order valence-corrected chi connectivity index (χ0v) is 19.0. The molecule has 0 radical (unpaired) electrons. The molecule has 1 aliphatic rings. The van der Waals surface area contributed by atoms with Gasteiger partial charge in [-0.15, -0.1) is 0 Å². The second kappa shape index (κ2) is 10.4. The van der Waals surface area contributed by atoms with E-state index in [4.69, 9.17) is 5.73 Å². The lowest BCUT2D eigenvalue weighted by molar-refractivity contribution is -0.113. The van der Waals surface area contributed by atoms with Crippen molar-refractivity contribution in [3.05, 3.63) is 51.5 Å². The van der Waals surface area contributed by atoms with Crippen LogP contribution in [0.4, 0.5) is 5.69 Å². The monoisotopic (exact) mass is 412 g/mol. The first-order valence-electron chi connectivity index (χ1n) is 11.0. The number of aliphatic imine (C=N–C) groups is 1. The van der Waals surface area contributed by atoms with Crippen molar-refractivity contribution in [2.45, 2.75) is 84.7 Å². The Morgan fingerprint density at radius 1 is 1.30 bits per heavy atom. The average molecular weight is 413 g/mol. The van der Waals surface area contributed by atoms with E-state index in [1.807, 2.05) is 25.1 Å². The van der Waals surface area contributed by atoms with Crippen LogP contribution in [0.5, 0.6) is 0 Å². The highest BCUT2D eigenvalue weighted by molar-refractivity contribution is 6.02. The van der Waals surface area contributed by atoms with Gasteiger partial charge in [0.25, 0.3) is 5.56 Å². The molecule has 1 atom stereocenters. The molecule has 0 aliphatic heterocycles. The van der Waals surface area contributed by atoms with E-state index < -0.39 is 0 Å². The van der Waals surface area contributed by atoms with Crippen molar-refractivity contribution in [3.63, 3.8) is 0 Å². The molecule has 6 heteroatoms. The Morgan fingerprint density at radius 3 is 2.50 bits per heavy atom. The molecular formula is C24H36N4O2. The molecule has 4 N–H and O–H groups in total. The molecule has 0 fully saturated rings. The van der Waals surface area contributed by atoms with Gasteiger partial charge in [0.1, 0.15) is 11.4 Å². The number of aromatic amines is 1. The van der Waals surface area contributed by atoms with Crippen LogP contribution >= 0.6 is 0 Å². The first-order chi connectivity index (χ1) is 14.3. The van der Waals surface area contributed by atoms with E-state index in [-0.39, 0.29) is 28.8 Å². The molecule has 0 amide bonds. The molecule has 6 nitrogen and oxygen atoms in total. The Labute approximate surface area is 179 Å². The van der Waals surface area contributed by atoms with Crippen LogP contribution in [-0.2, 0) is 4.79 Å². The summed E-state index contributed by atoms with van der Waals surface area (Å²) < 4.78 is 0. The van der Waals surface area contributed by atoms with E-state index in [2.05, 4.69) is 36.1 Å². The summed E-state index contributed by atoms with van der Waals surface area (Å²) in [7, 11) is 0. The summed E-state index contributed by atoms with van der Waals surface area (Å²) in [5.41, 5.74) is 8.75. The summed E-state index contributed by atoms with van der Waals surface area (Å²) in [5, 5.41) is 3.65. The number of hydrogen-bond acceptors (Lipinski definition) is 4. The number of H-pyrrole nitrogens is 1. The number of carbonyl (C=O) groups is 1. The molecule has 0 saturated heterocycles. The van der Waals surface area contributed by atoms with Gasteiger partial charge in [0, 0.05) is 17.3 Å². The fourth-order valence-corrected chi connectivity index (χ4v) is 4.37. The normalized spacial score (nSPS) is 17.4. The molecule has 0 spiro atoms. The Kier molecular flexibility index (Phi) is 8.21. The number of ketones is 1. The highest BCUT2D eigenvalue weighted by atomic mass is 16.1. The average Bonchev–Trinajstić information content (AvgIpc) is 2.68. The van der Waals surface area contributed by atoms with Gasteiger partial charge in [-0.05, 0) is 51.2 Å². The molecule has 30 heavy (non-hydrogen) atoms. The van der Waals surface area contributed by atoms with E-state index >= 15 is 0 Å². The minimum Gasteiger partial charge on any atom is -0.383 e. The SMILES string of the molecule is CCCC(CC)(CCC)Nc1cc[nH]c(=O)c1C(N)=NC1C=C(C)C(C(C)=O)=CC1. The predicted molar refractivity (Wildman–Crippen MR) is 125 cm³/mol. The second-order valence-electron chi connectivity index (χ2n) is 8.20. The van der Waals surface area contributed by atoms with Crippen molar-refractivity contribution in [2.75, 3.05) is 5.32 Å². The summed E-state index contributed by atoms with van der Waals surface area (Å²) in [5.74, 6) is 0.263. The van der Waals surface area contributed by atoms with E-state index in [1.54, 1.807) is 13.1 Å². The van der Waals surface area contributed by atoms with Gasteiger partial charge in [-0.2, -0.15) is 0 Å². The van der Waals surface area contributed by atoms with Crippen molar-refractivity contribution in [3.8, 4) is 0 Å². The van der Waals surface area contributed by atoms with Crippen LogP contribution in [0.3, 0.4) is 0 Å². The van der Waals surface area contributed by atoms with Gasteiger partial charge in [-0.3, -0.25) is 14.6 Å². The Hall–Kier alpha value is -2.63. The van der Waals surface area contributed by atoms with Crippen molar-refractivity contribution in [2.24, 2.45) is 10.7 Å². The van der Waals surface area contributed by atoms with Gasteiger partial charge in [0.15, 0.2) is 5.78 Å². The summed E-state index contributed by atoms with van der Waals surface area (Å²) in [4.78, 5) is 31.7. The van der Waals surface area contributed by atoms with Gasteiger partial charge in [0.2, 0.25) is 0 Å². The van der Waals surface area contributed by atoms with Crippen LogP contribution in [0.25, 0.3) is 0 Å². The first kappa shape index (κ1) is 23.6. The van der Waals surface area contributed by atoms with Gasteiger partial charge >= 0.3 is 0 Å². The number of nitrogens with zero attached hydrogens (tertiary/aromatic N) is 1. The maximum Gasteiger partial charge on any atom is 0.261 e. The molecule has 2 rings (SSSR count). The molecule has 1 unspecified atom stereocenters. The van der Waals surface area contributed by atoms with Crippen molar-refractivity contribution in [1.29, 1.82) is 0 Å². The maximum absolute atomic E-state index is 12.7. The number of hydrogen-bond donors (Lipinski definition) is 3. The lowest BCUT2D eigenvalue weighted by Crippen LogP contribution is -2.39. The number of Topliss-reactive ketones (excluding diaryl/α,β-unsaturated/α-hetero) is 1. The fraction of sp³-hybridized carbons (Fsp3) is 0.542. The Morgan fingerprint density at radius 2 is 1.97 bits per heavy atom. The number of rotatable bonds is 10. The fourth-order valence-electron chi connectivity index (χ4n) is 4.37. The summed E-state index contributed by atoms with van der Waals surface area (Å²) in [6.07, 6.45) is 11.2. The Bertz CT molecular complexity index is 902. The predicted octanol–water partition coefficient (Wildman–Crippen LogP) is 4.48. The van der Waals surface area contributed by atoms with Crippen LogP contribution in [-0.4, -0.2) is 28.2 Å². The number of carbonyl (C=O) groups excluding carboxylic acids is 1. The topological polar surface area (TPSA) is 100 Å². The zero-order valence-electron chi connectivity index (χ0n) is 19.0. The minimum atomic E-state index is -0.254. The lowest BCUT2D eigenvalue weighted by atomic mass is 9.85. The van der Waals surface area contributed by atoms with Gasteiger partial charge in [0.05, 0.1) is 11.7 Å². The number of allylic oxidation sites excluding steroid dienone is 2. The highest BCUT2D eigenvalue weighted by Crippen LogP contribution is 2.29. The molecule has 1 heterocycles. The van der Waals surface area contributed by atoms with Gasteiger partial charge < -0.3 is 16.0 Å². The number of nitrogens with two attached hydrogens (primary N) is 1. The number of pyridine rings is 1. The van der Waals surface area contributed by atoms with Crippen LogP contribution < -0.4 is 16.6 Å². The maximum atomic E-state index is 12.7. The Balaban J connectivity index is 2.40. The number of amidine groups is 1. The largest absolute Gasteiger partial charge is 0.383 e.